The van der Waals surface area contributed by atoms with Crippen molar-refractivity contribution in [3.05, 3.63) is 62.8 Å². The van der Waals surface area contributed by atoms with Gasteiger partial charge in [-0.05, 0) is 31.2 Å². The Morgan fingerprint density at radius 1 is 1.08 bits per heavy atom. The summed E-state index contributed by atoms with van der Waals surface area (Å²) in [6, 6.07) is 10.1. The van der Waals surface area contributed by atoms with E-state index in [1.807, 2.05) is 29.0 Å². The Labute approximate surface area is 149 Å². The third-order valence-electron chi connectivity index (χ3n) is 4.31. The largest absolute Gasteiger partial charge is 0.346 e. The van der Waals surface area contributed by atoms with Gasteiger partial charge in [0.25, 0.3) is 5.91 Å². The summed E-state index contributed by atoms with van der Waals surface area (Å²) in [5.74, 6) is 0.0312. The summed E-state index contributed by atoms with van der Waals surface area (Å²) in [5, 5.41) is 8.06. The van der Waals surface area contributed by atoms with Crippen LogP contribution in [0.5, 0.6) is 0 Å². The van der Waals surface area contributed by atoms with E-state index in [1.165, 1.54) is 23.3 Å². The molecule has 0 saturated carbocycles. The number of hydrogen-bond donors (Lipinski definition) is 1. The molecule has 3 nitrogen and oxygen atoms in total. The molecule has 1 N–H and O–H groups in total. The number of thiazole rings is 1. The SMILES string of the molecule is O=C(NCc1csc(-c2ccccc2)n1)c1csc2c1CCCC2. The van der Waals surface area contributed by atoms with E-state index in [9.17, 15) is 4.79 Å². The summed E-state index contributed by atoms with van der Waals surface area (Å²) in [4.78, 5) is 18.5. The zero-order chi connectivity index (χ0) is 16.4. The minimum absolute atomic E-state index is 0.0312. The van der Waals surface area contributed by atoms with Gasteiger partial charge in [-0.15, -0.1) is 22.7 Å². The zero-order valence-corrected chi connectivity index (χ0v) is 14.9. The molecule has 0 atom stereocenters. The van der Waals surface area contributed by atoms with Gasteiger partial charge in [0.1, 0.15) is 5.01 Å². The molecule has 1 aliphatic rings. The number of benzene rings is 1. The second-order valence-electron chi connectivity index (χ2n) is 5.95. The number of aryl methyl sites for hydroxylation is 1. The van der Waals surface area contributed by atoms with Crippen LogP contribution < -0.4 is 5.32 Å². The van der Waals surface area contributed by atoms with Gasteiger partial charge in [-0.2, -0.15) is 0 Å². The smallest absolute Gasteiger partial charge is 0.252 e. The fourth-order valence-corrected chi connectivity index (χ4v) is 5.00. The molecule has 2 aromatic heterocycles. The fourth-order valence-electron chi connectivity index (χ4n) is 3.05. The Morgan fingerprint density at radius 2 is 1.92 bits per heavy atom. The molecular formula is C19H18N2OS2. The van der Waals surface area contributed by atoms with Crippen LogP contribution >= 0.6 is 22.7 Å². The number of nitrogens with zero attached hydrogens (tertiary/aromatic N) is 1. The highest BCUT2D eigenvalue weighted by Crippen LogP contribution is 2.30. The number of carbonyl (C=O) groups excluding carboxylic acids is 1. The molecular weight excluding hydrogens is 336 g/mol. The predicted octanol–water partition coefficient (Wildman–Crippen LogP) is 4.68. The van der Waals surface area contributed by atoms with E-state index in [1.54, 1.807) is 22.7 Å². The van der Waals surface area contributed by atoms with Crippen LogP contribution in [0.4, 0.5) is 0 Å². The number of carbonyl (C=O) groups is 1. The number of nitrogens with one attached hydrogen (secondary N) is 1. The Kier molecular flexibility index (Phi) is 4.45. The molecule has 1 amide bonds. The number of fused-ring (bicyclic) bond motifs is 1. The lowest BCUT2D eigenvalue weighted by atomic mass is 9.96. The fraction of sp³-hybridized carbons (Fsp3) is 0.263. The quantitative estimate of drug-likeness (QED) is 0.739. The first-order valence-electron chi connectivity index (χ1n) is 8.18. The molecule has 2 heterocycles. The molecule has 0 aliphatic heterocycles. The Balaban J connectivity index is 1.43. The number of amides is 1. The van der Waals surface area contributed by atoms with Crippen LogP contribution in [0.15, 0.2) is 41.1 Å². The van der Waals surface area contributed by atoms with Crippen LogP contribution in [-0.4, -0.2) is 10.9 Å². The van der Waals surface area contributed by atoms with Crippen molar-refractivity contribution in [3.63, 3.8) is 0 Å². The Bertz CT molecular complexity index is 851. The molecule has 0 bridgehead atoms. The molecule has 0 saturated heterocycles. The van der Waals surface area contributed by atoms with Crippen molar-refractivity contribution >= 4 is 28.6 Å². The van der Waals surface area contributed by atoms with E-state index in [2.05, 4.69) is 22.4 Å². The summed E-state index contributed by atoms with van der Waals surface area (Å²) in [5.41, 5.74) is 4.17. The summed E-state index contributed by atoms with van der Waals surface area (Å²) in [7, 11) is 0. The maximum Gasteiger partial charge on any atom is 0.252 e. The Hall–Kier alpha value is -1.98. The number of rotatable bonds is 4. The van der Waals surface area contributed by atoms with Crippen molar-refractivity contribution in [1.82, 2.24) is 10.3 Å². The van der Waals surface area contributed by atoms with Crippen molar-refractivity contribution in [3.8, 4) is 10.6 Å². The van der Waals surface area contributed by atoms with Crippen molar-refractivity contribution in [1.29, 1.82) is 0 Å². The summed E-state index contributed by atoms with van der Waals surface area (Å²) in [6.45, 7) is 0.479. The normalized spacial score (nSPS) is 13.5. The standard InChI is InChI=1S/C19H18N2OS2/c22-18(16-12-23-17-9-5-4-8-15(16)17)20-10-14-11-24-19(21-14)13-6-2-1-3-7-13/h1-3,6-7,11-12H,4-5,8-10H2,(H,20,22). The van der Waals surface area contributed by atoms with Gasteiger partial charge in [-0.1, -0.05) is 30.3 Å². The lowest BCUT2D eigenvalue weighted by Crippen LogP contribution is -2.24. The third-order valence-corrected chi connectivity index (χ3v) is 6.34. The van der Waals surface area contributed by atoms with Gasteiger partial charge in [0.2, 0.25) is 0 Å². The zero-order valence-electron chi connectivity index (χ0n) is 13.2. The topological polar surface area (TPSA) is 42.0 Å². The van der Waals surface area contributed by atoms with Gasteiger partial charge in [0, 0.05) is 21.2 Å². The minimum Gasteiger partial charge on any atom is -0.346 e. The van der Waals surface area contributed by atoms with Crippen molar-refractivity contribution in [2.24, 2.45) is 0 Å². The van der Waals surface area contributed by atoms with E-state index >= 15 is 0 Å². The maximum absolute atomic E-state index is 12.5. The summed E-state index contributed by atoms with van der Waals surface area (Å²) in [6.07, 6.45) is 4.60. The molecule has 122 valence electrons. The number of aromatic nitrogens is 1. The molecule has 4 rings (SSSR count). The number of thiophene rings is 1. The van der Waals surface area contributed by atoms with Crippen LogP contribution in [0, 0.1) is 0 Å². The first-order chi connectivity index (χ1) is 11.8. The Morgan fingerprint density at radius 3 is 2.79 bits per heavy atom. The molecule has 0 radical (unpaired) electrons. The minimum atomic E-state index is 0.0312. The first kappa shape index (κ1) is 15.5. The maximum atomic E-state index is 12.5. The van der Waals surface area contributed by atoms with Crippen LogP contribution in [0.2, 0.25) is 0 Å². The second kappa shape index (κ2) is 6.87. The van der Waals surface area contributed by atoms with Gasteiger partial charge >= 0.3 is 0 Å². The molecule has 5 heteroatoms. The van der Waals surface area contributed by atoms with Gasteiger partial charge in [-0.3, -0.25) is 4.79 Å². The summed E-state index contributed by atoms with van der Waals surface area (Å²) < 4.78 is 0. The molecule has 0 fully saturated rings. The average Bonchev–Trinajstić information content (AvgIpc) is 3.27. The predicted molar refractivity (Wildman–Crippen MR) is 99.7 cm³/mol. The van der Waals surface area contributed by atoms with E-state index in [0.29, 0.717) is 6.54 Å². The second-order valence-corrected chi connectivity index (χ2v) is 7.77. The first-order valence-corrected chi connectivity index (χ1v) is 9.94. The van der Waals surface area contributed by atoms with Gasteiger partial charge in [-0.25, -0.2) is 4.98 Å². The highest BCUT2D eigenvalue weighted by Gasteiger charge is 2.20. The van der Waals surface area contributed by atoms with E-state index in [-0.39, 0.29) is 5.91 Å². The number of hydrogen-bond acceptors (Lipinski definition) is 4. The van der Waals surface area contributed by atoms with Gasteiger partial charge in [0.15, 0.2) is 0 Å². The van der Waals surface area contributed by atoms with Gasteiger partial charge in [0.05, 0.1) is 17.8 Å². The molecule has 0 spiro atoms. The van der Waals surface area contributed by atoms with E-state index < -0.39 is 0 Å². The van der Waals surface area contributed by atoms with Crippen molar-refractivity contribution in [2.45, 2.75) is 32.2 Å². The molecule has 1 aromatic carbocycles. The monoisotopic (exact) mass is 354 g/mol. The van der Waals surface area contributed by atoms with Crippen molar-refractivity contribution in [2.75, 3.05) is 0 Å². The van der Waals surface area contributed by atoms with Crippen LogP contribution in [0.3, 0.4) is 0 Å². The lowest BCUT2D eigenvalue weighted by Gasteiger charge is -2.12. The molecule has 3 aromatic rings. The van der Waals surface area contributed by atoms with E-state index in [0.717, 1.165) is 34.7 Å². The van der Waals surface area contributed by atoms with E-state index in [4.69, 9.17) is 0 Å². The van der Waals surface area contributed by atoms with Crippen LogP contribution in [0.1, 0.15) is 39.3 Å². The highest BCUT2D eigenvalue weighted by atomic mass is 32.1. The van der Waals surface area contributed by atoms with Gasteiger partial charge < -0.3 is 5.32 Å². The molecule has 24 heavy (non-hydrogen) atoms. The molecule has 1 aliphatic carbocycles. The molecule has 0 unspecified atom stereocenters. The average molecular weight is 355 g/mol. The lowest BCUT2D eigenvalue weighted by molar-refractivity contribution is 0.0950. The van der Waals surface area contributed by atoms with Crippen LogP contribution in [0.25, 0.3) is 10.6 Å². The summed E-state index contributed by atoms with van der Waals surface area (Å²) >= 11 is 3.34. The van der Waals surface area contributed by atoms with Crippen molar-refractivity contribution < 1.29 is 4.79 Å². The highest BCUT2D eigenvalue weighted by molar-refractivity contribution is 7.13. The van der Waals surface area contributed by atoms with Crippen LogP contribution in [-0.2, 0) is 19.4 Å². The third kappa shape index (κ3) is 3.14.